The SMILES string of the molecule is Cc1ccc(C(=O)COc2ccc(Cl)c3cccnc23)cc1C. The van der Waals surface area contributed by atoms with Crippen LogP contribution in [0.15, 0.2) is 48.7 Å². The first-order chi connectivity index (χ1) is 11.1. The number of carbonyl (C=O) groups is 1. The number of ether oxygens (including phenoxy) is 1. The van der Waals surface area contributed by atoms with E-state index in [9.17, 15) is 4.79 Å². The van der Waals surface area contributed by atoms with E-state index >= 15 is 0 Å². The number of carbonyl (C=O) groups excluding carboxylic acids is 1. The minimum absolute atomic E-state index is 0.0319. The zero-order chi connectivity index (χ0) is 16.4. The van der Waals surface area contributed by atoms with Crippen LogP contribution in [0.25, 0.3) is 10.9 Å². The van der Waals surface area contributed by atoms with Gasteiger partial charge < -0.3 is 4.74 Å². The maximum absolute atomic E-state index is 12.3. The van der Waals surface area contributed by atoms with Crippen LogP contribution in [0.1, 0.15) is 21.5 Å². The molecule has 1 aromatic heterocycles. The Morgan fingerprint density at radius 2 is 1.96 bits per heavy atom. The number of halogens is 1. The standard InChI is InChI=1S/C19H16ClNO2/c1-12-5-6-14(10-13(12)2)17(22)11-23-18-8-7-16(20)15-4-3-9-21-19(15)18/h3-10H,11H2,1-2H3. The number of hydrogen-bond acceptors (Lipinski definition) is 3. The van der Waals surface area contributed by atoms with Gasteiger partial charge in [0.05, 0.1) is 5.02 Å². The predicted octanol–water partition coefficient (Wildman–Crippen LogP) is 4.77. The molecule has 0 N–H and O–H groups in total. The summed E-state index contributed by atoms with van der Waals surface area (Å²) in [4.78, 5) is 16.6. The smallest absolute Gasteiger partial charge is 0.200 e. The number of fused-ring (bicyclic) bond motifs is 1. The number of aromatic nitrogens is 1. The van der Waals surface area contributed by atoms with Gasteiger partial charge in [0, 0.05) is 17.1 Å². The van der Waals surface area contributed by atoms with Gasteiger partial charge in [-0.05, 0) is 55.3 Å². The molecule has 116 valence electrons. The molecule has 3 aromatic rings. The number of Topliss-reactive ketones (excluding diaryl/α,β-unsaturated/α-hetero) is 1. The Hall–Kier alpha value is -2.39. The third-order valence-corrected chi connectivity index (χ3v) is 4.20. The molecular weight excluding hydrogens is 310 g/mol. The predicted molar refractivity (Wildman–Crippen MR) is 92.5 cm³/mol. The lowest BCUT2D eigenvalue weighted by Gasteiger charge is -2.10. The van der Waals surface area contributed by atoms with Crippen molar-refractivity contribution in [3.63, 3.8) is 0 Å². The molecule has 0 spiro atoms. The highest BCUT2D eigenvalue weighted by atomic mass is 35.5. The van der Waals surface area contributed by atoms with Crippen molar-refractivity contribution in [2.45, 2.75) is 13.8 Å². The van der Waals surface area contributed by atoms with Gasteiger partial charge in [-0.3, -0.25) is 9.78 Å². The largest absolute Gasteiger partial charge is 0.483 e. The lowest BCUT2D eigenvalue weighted by atomic mass is 10.0. The van der Waals surface area contributed by atoms with Crippen LogP contribution in [0.2, 0.25) is 5.02 Å². The molecular formula is C19H16ClNO2. The average molecular weight is 326 g/mol. The quantitative estimate of drug-likeness (QED) is 0.649. The molecule has 0 atom stereocenters. The van der Waals surface area contributed by atoms with Crippen molar-refractivity contribution in [2.24, 2.45) is 0 Å². The normalized spacial score (nSPS) is 10.7. The van der Waals surface area contributed by atoms with Crippen molar-refractivity contribution in [1.82, 2.24) is 4.98 Å². The van der Waals surface area contributed by atoms with E-state index in [4.69, 9.17) is 16.3 Å². The van der Waals surface area contributed by atoms with Crippen molar-refractivity contribution in [1.29, 1.82) is 0 Å². The first-order valence-corrected chi connectivity index (χ1v) is 7.70. The molecule has 3 rings (SSSR count). The maximum Gasteiger partial charge on any atom is 0.200 e. The summed E-state index contributed by atoms with van der Waals surface area (Å²) in [5, 5.41) is 1.42. The highest BCUT2D eigenvalue weighted by Crippen LogP contribution is 2.29. The summed E-state index contributed by atoms with van der Waals surface area (Å²) in [6.45, 7) is 3.98. The van der Waals surface area contributed by atoms with Gasteiger partial charge in [0.2, 0.25) is 0 Å². The summed E-state index contributed by atoms with van der Waals surface area (Å²) < 4.78 is 5.69. The summed E-state index contributed by atoms with van der Waals surface area (Å²) in [6.07, 6.45) is 1.68. The number of pyridine rings is 1. The van der Waals surface area contributed by atoms with Crippen molar-refractivity contribution in [2.75, 3.05) is 6.61 Å². The Kier molecular flexibility index (Phi) is 4.30. The number of rotatable bonds is 4. The molecule has 0 aliphatic rings. The second-order valence-electron chi connectivity index (χ2n) is 5.46. The van der Waals surface area contributed by atoms with Crippen molar-refractivity contribution >= 4 is 28.3 Å². The van der Waals surface area contributed by atoms with Gasteiger partial charge in [-0.1, -0.05) is 23.7 Å². The molecule has 0 bridgehead atoms. The Bertz CT molecular complexity index is 890. The number of aryl methyl sites for hydroxylation is 2. The van der Waals surface area contributed by atoms with Crippen LogP contribution in [0.3, 0.4) is 0 Å². The van der Waals surface area contributed by atoms with Crippen molar-refractivity contribution in [3.8, 4) is 5.75 Å². The molecule has 3 nitrogen and oxygen atoms in total. The highest BCUT2D eigenvalue weighted by molar-refractivity contribution is 6.35. The van der Waals surface area contributed by atoms with E-state index in [1.807, 2.05) is 44.2 Å². The van der Waals surface area contributed by atoms with E-state index in [0.717, 1.165) is 16.5 Å². The molecule has 4 heteroatoms. The van der Waals surface area contributed by atoms with E-state index in [-0.39, 0.29) is 12.4 Å². The monoisotopic (exact) mass is 325 g/mol. The molecule has 1 heterocycles. The number of nitrogens with zero attached hydrogens (tertiary/aromatic N) is 1. The zero-order valence-corrected chi connectivity index (χ0v) is 13.7. The third kappa shape index (κ3) is 3.20. The van der Waals surface area contributed by atoms with E-state index in [2.05, 4.69) is 4.98 Å². The number of ketones is 1. The molecule has 0 aliphatic heterocycles. The Balaban J connectivity index is 1.82. The molecule has 0 radical (unpaired) electrons. The Morgan fingerprint density at radius 3 is 2.74 bits per heavy atom. The summed E-state index contributed by atoms with van der Waals surface area (Å²) in [5.74, 6) is 0.495. The van der Waals surface area contributed by atoms with Gasteiger partial charge >= 0.3 is 0 Å². The van der Waals surface area contributed by atoms with Gasteiger partial charge in [-0.15, -0.1) is 0 Å². The number of hydrogen-bond donors (Lipinski definition) is 0. The van der Waals surface area contributed by atoms with Crippen LogP contribution >= 0.6 is 11.6 Å². The molecule has 2 aromatic carbocycles. The van der Waals surface area contributed by atoms with Crippen molar-refractivity contribution in [3.05, 3.63) is 70.4 Å². The molecule has 0 fully saturated rings. The fourth-order valence-electron chi connectivity index (χ4n) is 2.37. The summed E-state index contributed by atoms with van der Waals surface area (Å²) in [5.41, 5.74) is 3.57. The van der Waals surface area contributed by atoms with Gasteiger partial charge in [0.25, 0.3) is 0 Å². The van der Waals surface area contributed by atoms with Crippen LogP contribution in [0, 0.1) is 13.8 Å². The fourth-order valence-corrected chi connectivity index (χ4v) is 2.59. The van der Waals surface area contributed by atoms with Crippen LogP contribution < -0.4 is 4.74 Å². The minimum atomic E-state index is -0.0628. The van der Waals surface area contributed by atoms with E-state index in [1.54, 1.807) is 18.3 Å². The highest BCUT2D eigenvalue weighted by Gasteiger charge is 2.11. The topological polar surface area (TPSA) is 39.2 Å². The van der Waals surface area contributed by atoms with Crippen LogP contribution in [-0.4, -0.2) is 17.4 Å². The summed E-state index contributed by atoms with van der Waals surface area (Å²) in [6, 6.07) is 12.8. The van der Waals surface area contributed by atoms with Crippen LogP contribution in [-0.2, 0) is 0 Å². The lowest BCUT2D eigenvalue weighted by molar-refractivity contribution is 0.0922. The molecule has 0 saturated carbocycles. The third-order valence-electron chi connectivity index (χ3n) is 3.87. The van der Waals surface area contributed by atoms with Gasteiger partial charge in [-0.25, -0.2) is 0 Å². The van der Waals surface area contributed by atoms with Crippen LogP contribution in [0.5, 0.6) is 5.75 Å². The fraction of sp³-hybridized carbons (Fsp3) is 0.158. The summed E-state index contributed by atoms with van der Waals surface area (Å²) >= 11 is 6.16. The van der Waals surface area contributed by atoms with E-state index in [0.29, 0.717) is 21.9 Å². The molecule has 0 amide bonds. The minimum Gasteiger partial charge on any atom is -0.483 e. The first kappa shape index (κ1) is 15.5. The first-order valence-electron chi connectivity index (χ1n) is 7.33. The Labute approximate surface area is 139 Å². The van der Waals surface area contributed by atoms with E-state index < -0.39 is 0 Å². The number of benzene rings is 2. The lowest BCUT2D eigenvalue weighted by Crippen LogP contribution is -2.12. The summed E-state index contributed by atoms with van der Waals surface area (Å²) in [7, 11) is 0. The molecule has 0 aliphatic carbocycles. The molecule has 0 saturated heterocycles. The van der Waals surface area contributed by atoms with Crippen molar-refractivity contribution < 1.29 is 9.53 Å². The van der Waals surface area contributed by atoms with Gasteiger partial charge in [-0.2, -0.15) is 0 Å². The molecule has 23 heavy (non-hydrogen) atoms. The Morgan fingerprint density at radius 1 is 1.13 bits per heavy atom. The second-order valence-corrected chi connectivity index (χ2v) is 5.86. The van der Waals surface area contributed by atoms with Gasteiger partial charge in [0.15, 0.2) is 12.4 Å². The zero-order valence-electron chi connectivity index (χ0n) is 13.0. The van der Waals surface area contributed by atoms with Gasteiger partial charge in [0.1, 0.15) is 11.3 Å². The van der Waals surface area contributed by atoms with Crippen LogP contribution in [0.4, 0.5) is 0 Å². The second kappa shape index (κ2) is 6.39. The average Bonchev–Trinajstić information content (AvgIpc) is 2.57. The van der Waals surface area contributed by atoms with E-state index in [1.165, 1.54) is 0 Å². The molecule has 0 unspecified atom stereocenters. The maximum atomic E-state index is 12.3.